The number of pyridine rings is 1. The molecule has 1 N–H and O–H groups in total. The summed E-state index contributed by atoms with van der Waals surface area (Å²) in [5.41, 5.74) is 0.473. The van der Waals surface area contributed by atoms with Crippen LogP contribution >= 0.6 is 0 Å². The summed E-state index contributed by atoms with van der Waals surface area (Å²) in [6.45, 7) is 1.92. The molecule has 0 saturated carbocycles. The molecule has 0 aliphatic heterocycles. The van der Waals surface area contributed by atoms with E-state index in [0.29, 0.717) is 12.1 Å². The van der Waals surface area contributed by atoms with Gasteiger partial charge in [-0.1, -0.05) is 13.0 Å². The molecule has 2 rings (SSSR count). The zero-order chi connectivity index (χ0) is 14.0. The molecule has 3 nitrogen and oxygen atoms in total. The predicted molar refractivity (Wildman–Crippen MR) is 65.9 cm³/mol. The molecule has 0 amide bonds. The number of carboxylic acids is 1. The van der Waals surface area contributed by atoms with Crippen molar-refractivity contribution in [2.24, 2.45) is 0 Å². The van der Waals surface area contributed by atoms with Gasteiger partial charge in [0, 0.05) is 11.3 Å². The number of hydrogen-bond donors (Lipinski definition) is 1. The number of benzene rings is 1. The average Bonchev–Trinajstić information content (AvgIpc) is 2.37. The van der Waals surface area contributed by atoms with Gasteiger partial charge in [-0.3, -0.25) is 4.98 Å². The van der Waals surface area contributed by atoms with Crippen LogP contribution in [0.3, 0.4) is 0 Å². The van der Waals surface area contributed by atoms with Gasteiger partial charge in [0.2, 0.25) is 0 Å². The van der Waals surface area contributed by atoms with E-state index in [0.717, 1.165) is 17.8 Å². The van der Waals surface area contributed by atoms with E-state index in [1.807, 2.05) is 13.0 Å². The molecule has 0 saturated heterocycles. The summed E-state index contributed by atoms with van der Waals surface area (Å²) in [5, 5.41) is 8.69. The molecule has 0 atom stereocenters. The number of rotatable bonds is 3. The van der Waals surface area contributed by atoms with Crippen molar-refractivity contribution >= 4 is 5.97 Å². The third-order valence-electron chi connectivity index (χ3n) is 2.72. The SMILES string of the molecule is CCc1cccc(-c2cc(F)c(C(=O)O)c(F)c2)n1. The lowest BCUT2D eigenvalue weighted by atomic mass is 10.1. The smallest absolute Gasteiger partial charge is 0.341 e. The third-order valence-corrected chi connectivity index (χ3v) is 2.72. The molecule has 0 aliphatic carbocycles. The van der Waals surface area contributed by atoms with E-state index in [1.54, 1.807) is 12.1 Å². The molecule has 1 aromatic carbocycles. The monoisotopic (exact) mass is 263 g/mol. The molecule has 2 aromatic rings. The van der Waals surface area contributed by atoms with Crippen molar-refractivity contribution in [1.29, 1.82) is 0 Å². The van der Waals surface area contributed by atoms with Crippen LogP contribution in [-0.4, -0.2) is 16.1 Å². The Morgan fingerprint density at radius 3 is 2.42 bits per heavy atom. The molecule has 0 aliphatic rings. The highest BCUT2D eigenvalue weighted by Gasteiger charge is 2.18. The van der Waals surface area contributed by atoms with Crippen LogP contribution in [0.25, 0.3) is 11.3 Å². The summed E-state index contributed by atoms with van der Waals surface area (Å²) in [7, 11) is 0. The van der Waals surface area contributed by atoms with Gasteiger partial charge in [0.1, 0.15) is 17.2 Å². The Morgan fingerprint density at radius 2 is 1.89 bits per heavy atom. The fourth-order valence-corrected chi connectivity index (χ4v) is 1.76. The van der Waals surface area contributed by atoms with Gasteiger partial charge in [-0.2, -0.15) is 0 Å². The van der Waals surface area contributed by atoms with Crippen molar-refractivity contribution in [3.63, 3.8) is 0 Å². The summed E-state index contributed by atoms with van der Waals surface area (Å²) in [6, 6.07) is 7.13. The van der Waals surface area contributed by atoms with Crippen LogP contribution in [-0.2, 0) is 6.42 Å². The minimum atomic E-state index is -1.63. The van der Waals surface area contributed by atoms with E-state index in [2.05, 4.69) is 4.98 Å². The van der Waals surface area contributed by atoms with Gasteiger partial charge in [-0.05, 0) is 30.7 Å². The highest BCUT2D eigenvalue weighted by molar-refractivity contribution is 5.89. The summed E-state index contributed by atoms with van der Waals surface area (Å²) < 4.78 is 27.2. The molecule has 1 aromatic heterocycles. The fraction of sp³-hybridized carbons (Fsp3) is 0.143. The highest BCUT2D eigenvalue weighted by Crippen LogP contribution is 2.23. The minimum Gasteiger partial charge on any atom is -0.477 e. The first-order chi connectivity index (χ1) is 9.02. The van der Waals surface area contributed by atoms with Crippen molar-refractivity contribution < 1.29 is 18.7 Å². The quantitative estimate of drug-likeness (QED) is 0.924. The van der Waals surface area contributed by atoms with E-state index in [9.17, 15) is 13.6 Å². The van der Waals surface area contributed by atoms with Gasteiger partial charge in [0.05, 0.1) is 5.69 Å². The standard InChI is InChI=1S/C14H11F2NO2/c1-2-9-4-3-5-12(17-9)8-6-10(15)13(14(18)19)11(16)7-8/h3-7H,2H2,1H3,(H,18,19). The molecule has 0 fully saturated rings. The lowest BCUT2D eigenvalue weighted by Gasteiger charge is -2.06. The molecular weight excluding hydrogens is 252 g/mol. The molecule has 0 bridgehead atoms. The maximum absolute atomic E-state index is 13.6. The van der Waals surface area contributed by atoms with E-state index in [4.69, 9.17) is 5.11 Å². The summed E-state index contributed by atoms with van der Waals surface area (Å²) >= 11 is 0. The molecule has 0 radical (unpaired) electrons. The topological polar surface area (TPSA) is 50.2 Å². The zero-order valence-corrected chi connectivity index (χ0v) is 10.2. The van der Waals surface area contributed by atoms with Crippen LogP contribution in [0.15, 0.2) is 30.3 Å². The number of aromatic nitrogens is 1. The maximum atomic E-state index is 13.6. The van der Waals surface area contributed by atoms with Crippen molar-refractivity contribution in [3.8, 4) is 11.3 Å². The maximum Gasteiger partial charge on any atom is 0.341 e. The Balaban J connectivity index is 2.55. The van der Waals surface area contributed by atoms with Crippen LogP contribution in [0.4, 0.5) is 8.78 Å². The molecule has 1 heterocycles. The van der Waals surface area contributed by atoms with Gasteiger partial charge in [-0.15, -0.1) is 0 Å². The second kappa shape index (κ2) is 5.14. The summed E-state index contributed by atoms with van der Waals surface area (Å²) in [5.74, 6) is -3.84. The van der Waals surface area contributed by atoms with Crippen LogP contribution in [0.5, 0.6) is 0 Å². The minimum absolute atomic E-state index is 0.218. The van der Waals surface area contributed by atoms with Crippen molar-refractivity contribution in [2.75, 3.05) is 0 Å². The van der Waals surface area contributed by atoms with Crippen LogP contribution < -0.4 is 0 Å². The number of carboxylic acid groups (broad SMARTS) is 1. The summed E-state index contributed by atoms with van der Waals surface area (Å²) in [4.78, 5) is 14.9. The Kier molecular flexibility index (Phi) is 3.55. The number of nitrogens with zero attached hydrogens (tertiary/aromatic N) is 1. The van der Waals surface area contributed by atoms with Gasteiger partial charge in [0.15, 0.2) is 0 Å². The highest BCUT2D eigenvalue weighted by atomic mass is 19.1. The van der Waals surface area contributed by atoms with E-state index in [-0.39, 0.29) is 5.56 Å². The molecule has 98 valence electrons. The van der Waals surface area contributed by atoms with E-state index < -0.39 is 23.2 Å². The van der Waals surface area contributed by atoms with Gasteiger partial charge in [-0.25, -0.2) is 13.6 Å². The van der Waals surface area contributed by atoms with Crippen LogP contribution in [0.1, 0.15) is 23.0 Å². The van der Waals surface area contributed by atoms with Crippen LogP contribution in [0.2, 0.25) is 0 Å². The average molecular weight is 263 g/mol. The number of aromatic carboxylic acids is 1. The predicted octanol–water partition coefficient (Wildman–Crippen LogP) is 3.29. The van der Waals surface area contributed by atoms with Gasteiger partial charge in [0.25, 0.3) is 0 Å². The van der Waals surface area contributed by atoms with E-state index in [1.165, 1.54) is 0 Å². The second-order valence-electron chi connectivity index (χ2n) is 3.99. The first-order valence-electron chi connectivity index (χ1n) is 5.71. The zero-order valence-electron chi connectivity index (χ0n) is 10.2. The Bertz CT molecular complexity index is 618. The Morgan fingerprint density at radius 1 is 1.26 bits per heavy atom. The molecular formula is C14H11F2NO2. The number of hydrogen-bond acceptors (Lipinski definition) is 2. The van der Waals surface area contributed by atoms with Crippen LogP contribution in [0, 0.1) is 11.6 Å². The lowest BCUT2D eigenvalue weighted by Crippen LogP contribution is -2.05. The number of halogens is 2. The molecule has 5 heteroatoms. The van der Waals surface area contributed by atoms with Crippen molar-refractivity contribution in [2.45, 2.75) is 13.3 Å². The normalized spacial score (nSPS) is 10.5. The van der Waals surface area contributed by atoms with Crippen molar-refractivity contribution in [3.05, 3.63) is 53.2 Å². The van der Waals surface area contributed by atoms with Gasteiger partial charge < -0.3 is 5.11 Å². The van der Waals surface area contributed by atoms with Crippen molar-refractivity contribution in [1.82, 2.24) is 4.98 Å². The Labute approximate surface area is 108 Å². The molecule has 0 unspecified atom stereocenters. The third kappa shape index (κ3) is 2.59. The Hall–Kier alpha value is -2.30. The largest absolute Gasteiger partial charge is 0.477 e. The second-order valence-corrected chi connectivity index (χ2v) is 3.99. The fourth-order valence-electron chi connectivity index (χ4n) is 1.76. The van der Waals surface area contributed by atoms with Gasteiger partial charge >= 0.3 is 5.97 Å². The lowest BCUT2D eigenvalue weighted by molar-refractivity contribution is 0.0686. The van der Waals surface area contributed by atoms with E-state index >= 15 is 0 Å². The first kappa shape index (κ1) is 13.1. The summed E-state index contributed by atoms with van der Waals surface area (Å²) in [6.07, 6.45) is 0.700. The first-order valence-corrected chi connectivity index (χ1v) is 5.71. The molecule has 0 spiro atoms. The molecule has 19 heavy (non-hydrogen) atoms. The number of carbonyl (C=O) groups is 1. The number of aryl methyl sites for hydroxylation is 1.